The predicted octanol–water partition coefficient (Wildman–Crippen LogP) is 3.03. The Morgan fingerprint density at radius 1 is 1.48 bits per heavy atom. The fourth-order valence-corrected chi connectivity index (χ4v) is 4.00. The van der Waals surface area contributed by atoms with Crippen molar-refractivity contribution in [3.05, 3.63) is 28.1 Å². The molecule has 2 unspecified atom stereocenters. The average Bonchev–Trinajstić information content (AvgIpc) is 3.01. The van der Waals surface area contributed by atoms with Crippen LogP contribution < -0.4 is 11.1 Å². The molecule has 2 aromatic rings. The largest absolute Gasteiger partial charge is 0.397 e. The fraction of sp³-hybridized carbons (Fsp3) is 0.400. The molecule has 0 spiro atoms. The number of anilines is 1. The van der Waals surface area contributed by atoms with Crippen LogP contribution in [-0.2, 0) is 0 Å². The van der Waals surface area contributed by atoms with E-state index < -0.39 is 0 Å². The zero-order valence-corrected chi connectivity index (χ0v) is 13.0. The Balaban J connectivity index is 1.74. The van der Waals surface area contributed by atoms with E-state index in [2.05, 4.69) is 5.32 Å². The number of aliphatic hydroxyl groups excluding tert-OH is 1. The number of amides is 1. The molecule has 3 rings (SSSR count). The summed E-state index contributed by atoms with van der Waals surface area (Å²) in [6.45, 7) is 0.588. The fourth-order valence-electron chi connectivity index (χ4n) is 2.81. The Kier molecular flexibility index (Phi) is 4.06. The summed E-state index contributed by atoms with van der Waals surface area (Å²) in [6.07, 6.45) is 2.32. The third kappa shape index (κ3) is 3.00. The van der Waals surface area contributed by atoms with E-state index in [1.807, 2.05) is 6.07 Å². The van der Waals surface area contributed by atoms with Crippen LogP contribution in [0.2, 0.25) is 5.02 Å². The van der Waals surface area contributed by atoms with Crippen molar-refractivity contribution in [1.29, 1.82) is 0 Å². The van der Waals surface area contributed by atoms with Crippen molar-refractivity contribution in [1.82, 2.24) is 5.32 Å². The van der Waals surface area contributed by atoms with Gasteiger partial charge in [-0.25, -0.2) is 0 Å². The van der Waals surface area contributed by atoms with Crippen LogP contribution in [0.25, 0.3) is 10.1 Å². The summed E-state index contributed by atoms with van der Waals surface area (Å²) >= 11 is 7.34. The van der Waals surface area contributed by atoms with Crippen molar-refractivity contribution in [2.24, 2.45) is 5.92 Å². The topological polar surface area (TPSA) is 75.4 Å². The van der Waals surface area contributed by atoms with Crippen LogP contribution in [0.1, 0.15) is 28.9 Å². The van der Waals surface area contributed by atoms with Gasteiger partial charge in [0, 0.05) is 21.7 Å². The molecule has 0 radical (unpaired) electrons. The molecule has 112 valence electrons. The molecular weight excluding hydrogens is 308 g/mol. The quantitative estimate of drug-likeness (QED) is 0.812. The molecule has 21 heavy (non-hydrogen) atoms. The van der Waals surface area contributed by atoms with Crippen molar-refractivity contribution >= 4 is 44.6 Å². The van der Waals surface area contributed by atoms with Crippen LogP contribution in [-0.4, -0.2) is 23.7 Å². The van der Waals surface area contributed by atoms with Gasteiger partial charge in [0.1, 0.15) is 4.88 Å². The highest BCUT2D eigenvalue weighted by atomic mass is 35.5. The molecule has 0 saturated heterocycles. The monoisotopic (exact) mass is 324 g/mol. The zero-order chi connectivity index (χ0) is 15.0. The van der Waals surface area contributed by atoms with Gasteiger partial charge in [-0.1, -0.05) is 11.6 Å². The molecular formula is C15H17ClN2O2S. The lowest BCUT2D eigenvalue weighted by Gasteiger charge is -2.10. The summed E-state index contributed by atoms with van der Waals surface area (Å²) in [7, 11) is 0. The van der Waals surface area contributed by atoms with E-state index in [0.717, 1.165) is 29.3 Å². The molecule has 1 aromatic carbocycles. The van der Waals surface area contributed by atoms with Gasteiger partial charge in [-0.2, -0.15) is 0 Å². The number of halogens is 1. The minimum absolute atomic E-state index is 0.147. The number of fused-ring (bicyclic) bond motifs is 1. The lowest BCUT2D eigenvalue weighted by molar-refractivity contribution is 0.0950. The van der Waals surface area contributed by atoms with E-state index in [1.165, 1.54) is 11.3 Å². The Labute approximate surface area is 131 Å². The molecule has 1 aliphatic carbocycles. The van der Waals surface area contributed by atoms with Gasteiger partial charge < -0.3 is 16.2 Å². The molecule has 1 heterocycles. The summed E-state index contributed by atoms with van der Waals surface area (Å²) < 4.78 is 0.957. The Hall–Kier alpha value is -1.30. The summed E-state index contributed by atoms with van der Waals surface area (Å²) in [4.78, 5) is 12.8. The van der Waals surface area contributed by atoms with E-state index in [9.17, 15) is 9.90 Å². The smallest absolute Gasteiger partial charge is 0.263 e. The number of hydrogen-bond donors (Lipinski definition) is 3. The first-order valence-electron chi connectivity index (χ1n) is 6.98. The Morgan fingerprint density at radius 2 is 2.29 bits per heavy atom. The summed E-state index contributed by atoms with van der Waals surface area (Å²) in [5, 5.41) is 13.9. The second-order valence-corrected chi connectivity index (χ2v) is 7.02. The molecule has 6 heteroatoms. The third-order valence-corrected chi connectivity index (χ3v) is 5.38. The molecule has 1 amide bonds. The number of thiophene rings is 1. The van der Waals surface area contributed by atoms with Crippen LogP contribution in [0.5, 0.6) is 0 Å². The third-order valence-electron chi connectivity index (χ3n) is 3.96. The minimum Gasteiger partial charge on any atom is -0.397 e. The number of nitrogens with one attached hydrogen (secondary N) is 1. The van der Waals surface area contributed by atoms with Crippen LogP contribution in [0.4, 0.5) is 5.69 Å². The lowest BCUT2D eigenvalue weighted by atomic mass is 10.1. The van der Waals surface area contributed by atoms with Crippen LogP contribution in [0.3, 0.4) is 0 Å². The second kappa shape index (κ2) is 5.83. The highest BCUT2D eigenvalue weighted by molar-refractivity contribution is 7.21. The second-order valence-electron chi connectivity index (χ2n) is 5.53. The Bertz CT molecular complexity index is 686. The van der Waals surface area contributed by atoms with Crippen LogP contribution in [0.15, 0.2) is 18.2 Å². The van der Waals surface area contributed by atoms with Gasteiger partial charge in [0.25, 0.3) is 5.91 Å². The van der Waals surface area contributed by atoms with E-state index in [-0.39, 0.29) is 12.0 Å². The first-order chi connectivity index (χ1) is 10.0. The van der Waals surface area contributed by atoms with Gasteiger partial charge in [0.05, 0.1) is 11.8 Å². The number of benzene rings is 1. The maximum Gasteiger partial charge on any atom is 0.263 e. The minimum atomic E-state index is -0.219. The molecule has 1 saturated carbocycles. The van der Waals surface area contributed by atoms with Gasteiger partial charge in [0.15, 0.2) is 0 Å². The number of aliphatic hydroxyl groups is 1. The molecule has 2 atom stereocenters. The zero-order valence-electron chi connectivity index (χ0n) is 11.4. The number of rotatable bonds is 3. The molecule has 1 aliphatic rings. The van der Waals surface area contributed by atoms with Crippen LogP contribution in [0, 0.1) is 5.92 Å². The molecule has 0 aliphatic heterocycles. The maximum absolute atomic E-state index is 12.3. The maximum atomic E-state index is 12.3. The first kappa shape index (κ1) is 14.6. The highest BCUT2D eigenvalue weighted by Gasteiger charge is 2.24. The highest BCUT2D eigenvalue weighted by Crippen LogP contribution is 2.35. The average molecular weight is 325 g/mol. The molecule has 1 fully saturated rings. The van der Waals surface area contributed by atoms with E-state index in [1.54, 1.807) is 12.1 Å². The standard InChI is InChI=1S/C15H17ClN2O2S/c16-9-2-4-12-11(6-9)13(17)14(21-12)15(20)18-7-8-1-3-10(19)5-8/h2,4,6,8,10,19H,1,3,5,7,17H2,(H,18,20). The van der Waals surface area contributed by atoms with Crippen molar-refractivity contribution in [3.8, 4) is 0 Å². The van der Waals surface area contributed by atoms with Gasteiger partial charge in [0.2, 0.25) is 0 Å². The first-order valence-corrected chi connectivity index (χ1v) is 8.18. The summed E-state index contributed by atoms with van der Waals surface area (Å²) in [5.41, 5.74) is 6.55. The van der Waals surface area contributed by atoms with E-state index >= 15 is 0 Å². The van der Waals surface area contributed by atoms with Crippen molar-refractivity contribution < 1.29 is 9.90 Å². The van der Waals surface area contributed by atoms with Gasteiger partial charge >= 0.3 is 0 Å². The number of carbonyl (C=O) groups is 1. The molecule has 4 N–H and O–H groups in total. The van der Waals surface area contributed by atoms with Crippen LogP contribution >= 0.6 is 22.9 Å². The van der Waals surface area contributed by atoms with E-state index in [0.29, 0.717) is 28.0 Å². The number of nitrogen functional groups attached to an aromatic ring is 1. The summed E-state index contributed by atoms with van der Waals surface area (Å²) in [5.74, 6) is 0.209. The van der Waals surface area contributed by atoms with Crippen molar-refractivity contribution in [2.45, 2.75) is 25.4 Å². The molecule has 4 nitrogen and oxygen atoms in total. The lowest BCUT2D eigenvalue weighted by Crippen LogP contribution is -2.28. The van der Waals surface area contributed by atoms with E-state index in [4.69, 9.17) is 17.3 Å². The normalized spacial score (nSPS) is 21.8. The van der Waals surface area contributed by atoms with Crippen molar-refractivity contribution in [3.63, 3.8) is 0 Å². The number of carbonyl (C=O) groups excluding carboxylic acids is 1. The molecule has 0 bridgehead atoms. The van der Waals surface area contributed by atoms with Crippen molar-refractivity contribution in [2.75, 3.05) is 12.3 Å². The molecule has 1 aromatic heterocycles. The van der Waals surface area contributed by atoms with Gasteiger partial charge in [-0.3, -0.25) is 4.79 Å². The predicted molar refractivity (Wildman–Crippen MR) is 86.9 cm³/mol. The summed E-state index contributed by atoms with van der Waals surface area (Å²) in [6, 6.07) is 5.46. The Morgan fingerprint density at radius 3 is 3.00 bits per heavy atom. The SMILES string of the molecule is Nc1c(C(=O)NCC2CCC(O)C2)sc2ccc(Cl)cc12. The van der Waals surface area contributed by atoms with Gasteiger partial charge in [-0.05, 0) is 43.4 Å². The number of nitrogens with two attached hydrogens (primary N) is 1. The van der Waals surface area contributed by atoms with Gasteiger partial charge in [-0.15, -0.1) is 11.3 Å². The number of hydrogen-bond acceptors (Lipinski definition) is 4.